The standard InChI is InChI=1S/C29H32N6O7S2/c1-3-5-12-41-27(38)18(7-4-2)14-42-28(39)23-19(10-9-17-8-6-11-31-13-17)15-43-26-22(25(37)35(23)26)33-24(36)21(34-40)20-16-44-29(30)32-20/h6-11,13,16,22,26,40H,3-5,12,14-15H2,1-2H3,(H2,30,32)(H,33,36)/b10-9-,18-7+,34-21-/t22-,26-/m1/s1. The molecule has 232 valence electrons. The van der Waals surface area contributed by atoms with Crippen LogP contribution in [0.3, 0.4) is 0 Å². The Balaban J connectivity index is 1.55. The highest BCUT2D eigenvalue weighted by Gasteiger charge is 2.54. The van der Waals surface area contributed by atoms with Crippen molar-refractivity contribution in [3.05, 3.63) is 70.2 Å². The minimum Gasteiger partial charge on any atom is -0.462 e. The topological polar surface area (TPSA) is 186 Å². The van der Waals surface area contributed by atoms with Crippen molar-refractivity contribution in [1.29, 1.82) is 0 Å². The highest BCUT2D eigenvalue weighted by atomic mass is 32.2. The van der Waals surface area contributed by atoms with Crippen LogP contribution < -0.4 is 11.1 Å². The number of unbranched alkanes of at least 4 members (excludes halogenated alkanes) is 1. The third kappa shape index (κ3) is 7.52. The Morgan fingerprint density at radius 1 is 1.27 bits per heavy atom. The molecule has 0 spiro atoms. The van der Waals surface area contributed by atoms with E-state index in [9.17, 15) is 24.4 Å². The Bertz CT molecular complexity index is 1520. The van der Waals surface area contributed by atoms with E-state index in [1.807, 2.05) is 19.9 Å². The number of oxime groups is 1. The van der Waals surface area contributed by atoms with Gasteiger partial charge in [-0.3, -0.25) is 19.5 Å². The summed E-state index contributed by atoms with van der Waals surface area (Å²) in [5.41, 5.74) is 6.78. The Labute approximate surface area is 261 Å². The first-order valence-corrected chi connectivity index (χ1v) is 15.7. The van der Waals surface area contributed by atoms with Gasteiger partial charge in [0.2, 0.25) is 0 Å². The number of hydrogen-bond donors (Lipinski definition) is 3. The average Bonchev–Trinajstić information content (AvgIpc) is 3.46. The van der Waals surface area contributed by atoms with Crippen LogP contribution in [-0.4, -0.2) is 79.9 Å². The second-order valence-electron chi connectivity index (χ2n) is 9.58. The van der Waals surface area contributed by atoms with Crippen LogP contribution in [0.15, 0.2) is 64.1 Å². The molecular formula is C29H32N6O7S2. The smallest absolute Gasteiger partial charge is 0.355 e. The maximum Gasteiger partial charge on any atom is 0.355 e. The number of carbonyl (C=O) groups is 4. The van der Waals surface area contributed by atoms with E-state index in [1.54, 1.807) is 36.7 Å². The second-order valence-corrected chi connectivity index (χ2v) is 11.6. The van der Waals surface area contributed by atoms with E-state index in [4.69, 9.17) is 15.2 Å². The zero-order chi connectivity index (χ0) is 31.6. The average molecular weight is 641 g/mol. The number of nitrogen functional groups attached to an aromatic ring is 1. The van der Waals surface area contributed by atoms with Crippen LogP contribution in [0.4, 0.5) is 5.13 Å². The van der Waals surface area contributed by atoms with Crippen molar-refractivity contribution in [3.63, 3.8) is 0 Å². The lowest BCUT2D eigenvalue weighted by atomic mass is 10.0. The maximum atomic E-state index is 13.6. The zero-order valence-electron chi connectivity index (χ0n) is 24.1. The minimum absolute atomic E-state index is 0.00270. The molecule has 2 atom stereocenters. The molecule has 13 nitrogen and oxygen atoms in total. The molecule has 4 N–H and O–H groups in total. The van der Waals surface area contributed by atoms with E-state index in [-0.39, 0.29) is 35.3 Å². The Morgan fingerprint density at radius 3 is 2.75 bits per heavy atom. The number of nitrogens with one attached hydrogen (secondary N) is 1. The summed E-state index contributed by atoms with van der Waals surface area (Å²) in [7, 11) is 0. The fourth-order valence-electron chi connectivity index (χ4n) is 4.31. The van der Waals surface area contributed by atoms with Gasteiger partial charge in [-0.05, 0) is 30.0 Å². The van der Waals surface area contributed by atoms with Crippen molar-refractivity contribution < 1.29 is 33.9 Å². The van der Waals surface area contributed by atoms with Crippen molar-refractivity contribution in [2.75, 3.05) is 24.7 Å². The monoisotopic (exact) mass is 640 g/mol. The number of nitrogens with zero attached hydrogens (tertiary/aromatic N) is 4. The van der Waals surface area contributed by atoms with Crippen LogP contribution in [0, 0.1) is 0 Å². The van der Waals surface area contributed by atoms with Gasteiger partial charge in [0, 0.05) is 23.5 Å². The van der Waals surface area contributed by atoms with Crippen LogP contribution >= 0.6 is 23.1 Å². The molecule has 2 aliphatic rings. The Hall–Kier alpha value is -4.50. The van der Waals surface area contributed by atoms with Gasteiger partial charge in [0.1, 0.15) is 29.4 Å². The summed E-state index contributed by atoms with van der Waals surface area (Å²) < 4.78 is 10.9. The molecule has 1 saturated heterocycles. The molecule has 0 aliphatic carbocycles. The molecule has 0 saturated carbocycles. The van der Waals surface area contributed by atoms with Crippen LogP contribution in [-0.2, 0) is 28.7 Å². The molecule has 2 aromatic rings. The van der Waals surface area contributed by atoms with Gasteiger partial charge in [0.05, 0.1) is 12.2 Å². The number of nitrogens with two attached hydrogens (primary N) is 1. The number of anilines is 1. The van der Waals surface area contributed by atoms with E-state index in [1.165, 1.54) is 22.0 Å². The molecule has 15 heteroatoms. The number of β-lactam (4-membered cyclic amide) rings is 1. The van der Waals surface area contributed by atoms with Gasteiger partial charge in [0.25, 0.3) is 11.8 Å². The van der Waals surface area contributed by atoms with Crippen molar-refractivity contribution in [2.24, 2.45) is 5.16 Å². The number of esters is 2. The fourth-order valence-corrected chi connectivity index (χ4v) is 6.18. The van der Waals surface area contributed by atoms with Crippen LogP contribution in [0.1, 0.15) is 44.4 Å². The van der Waals surface area contributed by atoms with E-state index < -0.39 is 40.9 Å². The largest absolute Gasteiger partial charge is 0.462 e. The number of pyridine rings is 1. The highest BCUT2D eigenvalue weighted by molar-refractivity contribution is 8.00. The van der Waals surface area contributed by atoms with Gasteiger partial charge in [-0.1, -0.05) is 49.7 Å². The summed E-state index contributed by atoms with van der Waals surface area (Å²) in [6.07, 6.45) is 10.5. The zero-order valence-corrected chi connectivity index (χ0v) is 25.7. The number of carbonyl (C=O) groups excluding carboxylic acids is 4. The summed E-state index contributed by atoms with van der Waals surface area (Å²) in [5, 5.41) is 16.0. The van der Waals surface area contributed by atoms with E-state index in [2.05, 4.69) is 20.4 Å². The predicted molar refractivity (Wildman–Crippen MR) is 165 cm³/mol. The highest BCUT2D eigenvalue weighted by Crippen LogP contribution is 2.41. The lowest BCUT2D eigenvalue weighted by molar-refractivity contribution is -0.152. The van der Waals surface area contributed by atoms with Gasteiger partial charge < -0.3 is 25.7 Å². The van der Waals surface area contributed by atoms with E-state index in [0.717, 1.165) is 23.3 Å². The first-order chi connectivity index (χ1) is 21.3. The molecular weight excluding hydrogens is 608 g/mol. The van der Waals surface area contributed by atoms with Crippen molar-refractivity contribution in [3.8, 4) is 0 Å². The van der Waals surface area contributed by atoms with Crippen LogP contribution in [0.25, 0.3) is 6.08 Å². The van der Waals surface area contributed by atoms with Gasteiger partial charge >= 0.3 is 11.9 Å². The lowest BCUT2D eigenvalue weighted by Gasteiger charge is -2.49. The molecule has 1 fully saturated rings. The molecule has 4 rings (SSSR count). The first kappa shape index (κ1) is 32.4. The molecule has 2 aliphatic heterocycles. The number of hydrogen-bond acceptors (Lipinski definition) is 13. The van der Waals surface area contributed by atoms with Crippen LogP contribution in [0.5, 0.6) is 0 Å². The SMILES string of the molecule is CC/C=C(\COC(=O)C1=C(/C=C\c2cccnc2)CS[C@@H]2[C@H](NC(=O)/C(=N\O)c3csc(N)n3)C(=O)N12)C(=O)OCCCC. The molecule has 0 radical (unpaired) electrons. The molecule has 0 bridgehead atoms. The quantitative estimate of drug-likeness (QED) is 0.0556. The number of amides is 2. The normalized spacial score (nSPS) is 18.6. The van der Waals surface area contributed by atoms with Crippen LogP contribution in [0.2, 0.25) is 0 Å². The third-order valence-electron chi connectivity index (χ3n) is 6.52. The molecule has 4 heterocycles. The predicted octanol–water partition coefficient (Wildman–Crippen LogP) is 2.89. The maximum absolute atomic E-state index is 13.6. The first-order valence-electron chi connectivity index (χ1n) is 13.8. The van der Waals surface area contributed by atoms with Gasteiger partial charge in [-0.2, -0.15) is 0 Å². The van der Waals surface area contributed by atoms with E-state index in [0.29, 0.717) is 24.2 Å². The summed E-state index contributed by atoms with van der Waals surface area (Å²) >= 11 is 2.40. The number of thioether (sulfide) groups is 1. The van der Waals surface area contributed by atoms with Crippen molar-refractivity contribution >= 4 is 63.8 Å². The number of ether oxygens (including phenoxy) is 2. The summed E-state index contributed by atoms with van der Waals surface area (Å²) in [4.78, 5) is 61.8. The van der Waals surface area contributed by atoms with Gasteiger partial charge in [0.15, 0.2) is 10.8 Å². The number of thiazole rings is 1. The number of rotatable bonds is 13. The summed E-state index contributed by atoms with van der Waals surface area (Å²) in [6, 6.07) is 2.59. The summed E-state index contributed by atoms with van der Waals surface area (Å²) in [5.74, 6) is -2.46. The number of aromatic nitrogens is 2. The summed E-state index contributed by atoms with van der Waals surface area (Å²) in [6.45, 7) is 3.74. The second kappa shape index (κ2) is 15.3. The molecule has 0 aromatic carbocycles. The third-order valence-corrected chi connectivity index (χ3v) is 8.50. The molecule has 0 unspecified atom stereocenters. The number of allylic oxidation sites excluding steroid dienone is 2. The van der Waals surface area contributed by atoms with Crippen molar-refractivity contribution in [2.45, 2.75) is 44.5 Å². The fraction of sp³-hybridized carbons (Fsp3) is 0.345. The lowest BCUT2D eigenvalue weighted by Crippen LogP contribution is -2.71. The van der Waals surface area contributed by atoms with Gasteiger partial charge in [-0.25, -0.2) is 14.6 Å². The molecule has 44 heavy (non-hydrogen) atoms. The minimum atomic E-state index is -1.02. The Morgan fingerprint density at radius 2 is 2.09 bits per heavy atom. The van der Waals surface area contributed by atoms with Crippen molar-refractivity contribution in [1.82, 2.24) is 20.2 Å². The van der Waals surface area contributed by atoms with E-state index >= 15 is 0 Å². The molecule has 2 aromatic heterocycles. The van der Waals surface area contributed by atoms with Gasteiger partial charge in [-0.15, -0.1) is 23.1 Å². The Kier molecular flexibility index (Phi) is 11.3. The molecule has 2 amide bonds. The number of fused-ring (bicyclic) bond motifs is 1.